The normalized spacial score (nSPS) is 19.4. The summed E-state index contributed by atoms with van der Waals surface area (Å²) in [5.74, 6) is 5.24. The minimum atomic E-state index is -2.00. The van der Waals surface area contributed by atoms with Crippen molar-refractivity contribution in [2.24, 2.45) is 0 Å². The molecule has 0 aromatic carbocycles. The maximum absolute atomic E-state index is 2.76. The maximum atomic E-state index is 2.76. The standard InChI is InChI=1S/C8H13P.2C4H9.Sn/c1-6-9(7-2)8(3,4)5;2*1-3-4-2;/h1-2,6-7H,3-5H3;2*1,3-4H2,2H3;. The van der Waals surface area contributed by atoms with Gasteiger partial charge < -0.3 is 0 Å². The molecule has 0 aliphatic carbocycles. The second-order valence-electron chi connectivity index (χ2n) is 6.65. The van der Waals surface area contributed by atoms with E-state index < -0.39 is 18.4 Å². The molecule has 0 fully saturated rings. The van der Waals surface area contributed by atoms with Crippen molar-refractivity contribution in [3.8, 4) is 0 Å². The first-order valence-electron chi connectivity index (χ1n) is 7.61. The summed E-state index contributed by atoms with van der Waals surface area (Å²) in [7, 11) is -0.00983. The number of hydrogen-bond donors (Lipinski definition) is 0. The van der Waals surface area contributed by atoms with Gasteiger partial charge in [0.15, 0.2) is 0 Å². The zero-order valence-electron chi connectivity index (χ0n) is 13.0. The molecule has 0 nitrogen and oxygen atoms in total. The van der Waals surface area contributed by atoms with Crippen LogP contribution in [0.2, 0.25) is 8.87 Å². The molecular weight excluding hydrogens is 342 g/mol. The van der Waals surface area contributed by atoms with Gasteiger partial charge in [0.1, 0.15) is 0 Å². The van der Waals surface area contributed by atoms with Crippen molar-refractivity contribution in [1.29, 1.82) is 0 Å². The van der Waals surface area contributed by atoms with E-state index in [-0.39, 0.29) is 7.92 Å². The summed E-state index contributed by atoms with van der Waals surface area (Å²) in [5, 5.41) is 0.454. The monoisotopic (exact) mass is 374 g/mol. The Bertz CT molecular complexity index is 275. The number of rotatable bonds is 6. The van der Waals surface area contributed by atoms with Gasteiger partial charge in [-0.3, -0.25) is 0 Å². The van der Waals surface area contributed by atoms with Crippen LogP contribution in [-0.4, -0.2) is 23.5 Å². The molecule has 104 valence electrons. The van der Waals surface area contributed by atoms with Crippen LogP contribution < -0.4 is 0 Å². The number of unbranched alkanes of at least 4 members (excludes halogenated alkanes) is 2. The fourth-order valence-corrected chi connectivity index (χ4v) is 20.9. The third kappa shape index (κ3) is 5.00. The van der Waals surface area contributed by atoms with E-state index in [1.807, 2.05) is 0 Å². The van der Waals surface area contributed by atoms with Crippen molar-refractivity contribution in [1.82, 2.24) is 0 Å². The SMILES string of the molecule is CCC[CH2][Sn]1([CH2]CCC)[CH]=CP(C(C)(C)C)C=[CH]1. The van der Waals surface area contributed by atoms with Gasteiger partial charge >= 0.3 is 120 Å². The van der Waals surface area contributed by atoms with Crippen molar-refractivity contribution in [3.63, 3.8) is 0 Å². The van der Waals surface area contributed by atoms with Crippen LogP contribution in [0.4, 0.5) is 0 Å². The van der Waals surface area contributed by atoms with E-state index in [0.29, 0.717) is 5.16 Å². The van der Waals surface area contributed by atoms with E-state index in [4.69, 9.17) is 0 Å². The molecular formula is C16H31PSn. The first kappa shape index (κ1) is 16.8. The van der Waals surface area contributed by atoms with Crippen LogP contribution in [0.1, 0.15) is 60.3 Å². The van der Waals surface area contributed by atoms with E-state index in [0.717, 1.165) is 0 Å². The molecule has 2 heteroatoms. The summed E-state index contributed by atoms with van der Waals surface area (Å²) >= 11 is -2.00. The Hall–Kier alpha value is 0.709. The van der Waals surface area contributed by atoms with Crippen LogP contribution >= 0.6 is 7.92 Å². The van der Waals surface area contributed by atoms with E-state index >= 15 is 0 Å². The van der Waals surface area contributed by atoms with Crippen LogP contribution in [0, 0.1) is 0 Å². The average molecular weight is 373 g/mol. The zero-order chi connectivity index (χ0) is 13.6. The fraction of sp³-hybridized carbons (Fsp3) is 0.750. The molecule has 0 unspecified atom stereocenters. The summed E-state index contributed by atoms with van der Waals surface area (Å²) < 4.78 is 8.62. The molecule has 0 amide bonds. The van der Waals surface area contributed by atoms with Crippen molar-refractivity contribution >= 4 is 26.3 Å². The Balaban J connectivity index is 2.74. The first-order chi connectivity index (χ1) is 8.43. The molecule has 0 atom stereocenters. The molecule has 1 rings (SSSR count). The van der Waals surface area contributed by atoms with Gasteiger partial charge in [0.2, 0.25) is 0 Å². The van der Waals surface area contributed by atoms with E-state index in [9.17, 15) is 0 Å². The summed E-state index contributed by atoms with van der Waals surface area (Å²) in [5.41, 5.74) is 0. The van der Waals surface area contributed by atoms with Crippen molar-refractivity contribution < 1.29 is 0 Å². The van der Waals surface area contributed by atoms with Gasteiger partial charge in [-0.25, -0.2) is 0 Å². The third-order valence-electron chi connectivity index (χ3n) is 3.90. The molecule has 0 N–H and O–H groups in total. The second kappa shape index (κ2) is 7.48. The molecule has 0 bridgehead atoms. The minimum absolute atomic E-state index is 0.00983. The van der Waals surface area contributed by atoms with E-state index in [2.05, 4.69) is 54.4 Å². The molecule has 1 aliphatic heterocycles. The number of hydrogen-bond acceptors (Lipinski definition) is 0. The topological polar surface area (TPSA) is 0 Å². The molecule has 0 radical (unpaired) electrons. The third-order valence-corrected chi connectivity index (χ3v) is 20.1. The Kier molecular flexibility index (Phi) is 6.97. The van der Waals surface area contributed by atoms with Gasteiger partial charge in [-0.05, 0) is 0 Å². The molecule has 18 heavy (non-hydrogen) atoms. The first-order valence-corrected chi connectivity index (χ1v) is 16.4. The van der Waals surface area contributed by atoms with Crippen LogP contribution in [0.3, 0.4) is 0 Å². The predicted molar refractivity (Wildman–Crippen MR) is 90.1 cm³/mol. The molecule has 1 heterocycles. The zero-order valence-corrected chi connectivity index (χ0v) is 16.7. The van der Waals surface area contributed by atoms with Gasteiger partial charge in [0, 0.05) is 0 Å². The second-order valence-corrected chi connectivity index (χ2v) is 21.2. The fourth-order valence-electron chi connectivity index (χ4n) is 2.48. The summed E-state index contributed by atoms with van der Waals surface area (Å²) in [6, 6.07) is 0. The van der Waals surface area contributed by atoms with Crippen LogP contribution in [0.25, 0.3) is 0 Å². The molecule has 0 saturated carbocycles. The molecule has 0 aromatic rings. The Labute approximate surface area is 120 Å². The summed E-state index contributed by atoms with van der Waals surface area (Å²) in [6.45, 7) is 11.8. The predicted octanol–water partition coefficient (Wildman–Crippen LogP) is 6.44. The van der Waals surface area contributed by atoms with E-state index in [1.54, 1.807) is 8.87 Å². The van der Waals surface area contributed by atoms with Gasteiger partial charge in [-0.15, -0.1) is 0 Å². The summed E-state index contributed by atoms with van der Waals surface area (Å²) in [6.07, 6.45) is 5.62. The summed E-state index contributed by atoms with van der Waals surface area (Å²) in [4.78, 5) is 0. The Morgan fingerprint density at radius 1 is 0.889 bits per heavy atom. The molecule has 1 aliphatic rings. The Morgan fingerprint density at radius 3 is 1.67 bits per heavy atom. The van der Waals surface area contributed by atoms with Crippen molar-refractivity contribution in [2.75, 3.05) is 0 Å². The van der Waals surface area contributed by atoms with Crippen molar-refractivity contribution in [2.45, 2.75) is 74.3 Å². The average Bonchev–Trinajstić information content (AvgIpc) is 2.33. The molecule has 0 aromatic heterocycles. The quantitative estimate of drug-likeness (QED) is 0.372. The Morgan fingerprint density at radius 2 is 1.33 bits per heavy atom. The van der Waals surface area contributed by atoms with Crippen LogP contribution in [0.15, 0.2) is 19.8 Å². The van der Waals surface area contributed by atoms with Gasteiger partial charge in [0.05, 0.1) is 0 Å². The molecule has 0 spiro atoms. The van der Waals surface area contributed by atoms with Crippen LogP contribution in [-0.2, 0) is 0 Å². The van der Waals surface area contributed by atoms with Gasteiger partial charge in [-0.1, -0.05) is 0 Å². The molecule has 0 saturated heterocycles. The van der Waals surface area contributed by atoms with Crippen molar-refractivity contribution in [3.05, 3.63) is 19.8 Å². The van der Waals surface area contributed by atoms with E-state index in [1.165, 1.54) is 25.7 Å². The van der Waals surface area contributed by atoms with Gasteiger partial charge in [0.25, 0.3) is 0 Å². The van der Waals surface area contributed by atoms with Crippen LogP contribution in [0.5, 0.6) is 0 Å². The van der Waals surface area contributed by atoms with Gasteiger partial charge in [-0.2, -0.15) is 0 Å².